The first kappa shape index (κ1) is 11.1. The highest BCUT2D eigenvalue weighted by atomic mass is 35.5. The predicted octanol–water partition coefficient (Wildman–Crippen LogP) is 1.55. The summed E-state index contributed by atoms with van der Waals surface area (Å²) in [4.78, 5) is 0. The van der Waals surface area contributed by atoms with Crippen molar-refractivity contribution in [2.24, 2.45) is 0 Å². The Morgan fingerprint density at radius 2 is 1.55 bits per heavy atom. The maximum absolute atomic E-state index is 5.84. The van der Waals surface area contributed by atoms with Crippen molar-refractivity contribution in [3.05, 3.63) is 10.7 Å². The van der Waals surface area contributed by atoms with Gasteiger partial charge in [-0.15, -0.1) is 0 Å². The van der Waals surface area contributed by atoms with Crippen molar-refractivity contribution in [3.8, 4) is 0 Å². The molecule has 0 saturated heterocycles. The van der Waals surface area contributed by atoms with Crippen LogP contribution in [0.1, 0.15) is 6.92 Å². The summed E-state index contributed by atoms with van der Waals surface area (Å²) in [5.41, 5.74) is 0. The van der Waals surface area contributed by atoms with Crippen LogP contribution in [-0.4, -0.2) is 30.1 Å². The average molecular weight is 197 g/mol. The monoisotopic (exact) mass is 196 g/mol. The van der Waals surface area contributed by atoms with Crippen molar-refractivity contribution in [3.63, 3.8) is 0 Å². The molecule has 0 aliphatic rings. The molecule has 0 aliphatic carbocycles. The van der Waals surface area contributed by atoms with Crippen LogP contribution < -0.4 is 0 Å². The lowest BCUT2D eigenvalue weighted by Gasteiger charge is -2.23. The van der Waals surface area contributed by atoms with Crippen molar-refractivity contribution in [2.75, 3.05) is 21.3 Å². The van der Waals surface area contributed by atoms with Crippen LogP contribution in [0.4, 0.5) is 0 Å². The molecule has 0 radical (unpaired) electrons. The Bertz CT molecular complexity index is 136. The van der Waals surface area contributed by atoms with Crippen LogP contribution >= 0.6 is 11.6 Å². The van der Waals surface area contributed by atoms with Gasteiger partial charge >= 0.3 is 8.80 Å². The highest BCUT2D eigenvalue weighted by Gasteiger charge is 2.41. The molecule has 0 aliphatic heterocycles. The molecule has 0 fully saturated rings. The summed E-state index contributed by atoms with van der Waals surface area (Å²) in [6.07, 6.45) is 1.71. The SMILES string of the molecule is CC=C(Cl)[Si](OC)(OC)OC. The Kier molecular flexibility index (Phi) is 4.95. The van der Waals surface area contributed by atoms with E-state index in [1.807, 2.05) is 0 Å². The summed E-state index contributed by atoms with van der Waals surface area (Å²) in [5.74, 6) is 0. The summed E-state index contributed by atoms with van der Waals surface area (Å²) in [6, 6.07) is 0. The molecule has 0 aromatic carbocycles. The molecule has 66 valence electrons. The van der Waals surface area contributed by atoms with Crippen molar-refractivity contribution in [1.82, 2.24) is 0 Å². The van der Waals surface area contributed by atoms with E-state index in [9.17, 15) is 0 Å². The lowest BCUT2D eigenvalue weighted by Crippen LogP contribution is -2.43. The fourth-order valence-electron chi connectivity index (χ4n) is 0.719. The van der Waals surface area contributed by atoms with E-state index in [1.165, 1.54) is 21.3 Å². The van der Waals surface area contributed by atoms with Gasteiger partial charge in [0.25, 0.3) is 0 Å². The Labute approximate surface area is 73.3 Å². The van der Waals surface area contributed by atoms with Gasteiger partial charge < -0.3 is 13.3 Å². The largest absolute Gasteiger partial charge is 0.547 e. The third kappa shape index (κ3) is 2.28. The molecule has 0 spiro atoms. The first-order valence-electron chi connectivity index (χ1n) is 3.14. The fraction of sp³-hybridized carbons (Fsp3) is 0.667. The minimum absolute atomic E-state index is 0.505. The van der Waals surface area contributed by atoms with E-state index in [0.717, 1.165) is 0 Å². The van der Waals surface area contributed by atoms with E-state index in [2.05, 4.69) is 0 Å². The molecule has 0 rings (SSSR count). The molecule has 0 saturated carbocycles. The molecule has 0 bridgehead atoms. The van der Waals surface area contributed by atoms with Gasteiger partial charge in [0.15, 0.2) is 0 Å². The quantitative estimate of drug-likeness (QED) is 0.639. The highest BCUT2D eigenvalue weighted by molar-refractivity contribution is 6.79. The van der Waals surface area contributed by atoms with Crippen LogP contribution in [0.5, 0.6) is 0 Å². The van der Waals surface area contributed by atoms with Crippen LogP contribution in [0.2, 0.25) is 0 Å². The van der Waals surface area contributed by atoms with Gasteiger partial charge in [-0.05, 0) is 6.92 Å². The lowest BCUT2D eigenvalue weighted by molar-refractivity contribution is 0.137. The van der Waals surface area contributed by atoms with Gasteiger partial charge in [-0.3, -0.25) is 0 Å². The van der Waals surface area contributed by atoms with Gasteiger partial charge in [-0.1, -0.05) is 17.7 Å². The van der Waals surface area contributed by atoms with Gasteiger partial charge in [0.2, 0.25) is 0 Å². The van der Waals surface area contributed by atoms with Crippen LogP contribution in [0.25, 0.3) is 0 Å². The normalized spacial score (nSPS) is 13.7. The maximum Gasteiger partial charge on any atom is 0.547 e. The standard InChI is InChI=1S/C6H13ClO3Si/c1-5-6(7)11(8-2,9-3)10-4/h5H,1-4H3. The summed E-state index contributed by atoms with van der Waals surface area (Å²) >= 11 is 5.84. The number of allylic oxidation sites excluding steroid dienone is 1. The second-order valence-electron chi connectivity index (χ2n) is 1.81. The van der Waals surface area contributed by atoms with Crippen molar-refractivity contribution >= 4 is 20.4 Å². The smallest absolute Gasteiger partial charge is 0.373 e. The lowest BCUT2D eigenvalue weighted by atomic mass is 10.8. The van der Waals surface area contributed by atoms with Crippen LogP contribution in [0.15, 0.2) is 10.7 Å². The number of rotatable bonds is 4. The van der Waals surface area contributed by atoms with Gasteiger partial charge in [-0.25, -0.2) is 0 Å². The van der Waals surface area contributed by atoms with E-state index in [0.29, 0.717) is 4.66 Å². The third-order valence-electron chi connectivity index (χ3n) is 1.35. The molecular weight excluding hydrogens is 184 g/mol. The summed E-state index contributed by atoms with van der Waals surface area (Å²) < 4.78 is 15.8. The molecule has 0 amide bonds. The topological polar surface area (TPSA) is 27.7 Å². The number of halogens is 1. The summed E-state index contributed by atoms with van der Waals surface area (Å²) in [7, 11) is 1.86. The fourth-order valence-corrected chi connectivity index (χ4v) is 2.85. The molecule has 0 aromatic heterocycles. The molecular formula is C6H13ClO3Si. The Balaban J connectivity index is 4.54. The minimum atomic E-state index is -2.69. The molecule has 0 aromatic rings. The highest BCUT2D eigenvalue weighted by Crippen LogP contribution is 2.20. The molecule has 0 N–H and O–H groups in total. The zero-order chi connectivity index (χ0) is 8.91. The molecule has 0 atom stereocenters. The van der Waals surface area contributed by atoms with E-state index in [4.69, 9.17) is 24.9 Å². The maximum atomic E-state index is 5.84. The number of hydrogen-bond acceptors (Lipinski definition) is 3. The summed E-state index contributed by atoms with van der Waals surface area (Å²) in [6.45, 7) is 1.81. The zero-order valence-corrected chi connectivity index (χ0v) is 8.94. The molecule has 5 heteroatoms. The predicted molar refractivity (Wildman–Crippen MR) is 46.4 cm³/mol. The van der Waals surface area contributed by atoms with E-state index in [1.54, 1.807) is 13.0 Å². The molecule has 3 nitrogen and oxygen atoms in total. The van der Waals surface area contributed by atoms with E-state index < -0.39 is 8.80 Å². The van der Waals surface area contributed by atoms with Crippen molar-refractivity contribution in [1.29, 1.82) is 0 Å². The van der Waals surface area contributed by atoms with Crippen LogP contribution in [0.3, 0.4) is 0 Å². The van der Waals surface area contributed by atoms with Gasteiger partial charge in [0, 0.05) is 21.3 Å². The Morgan fingerprint density at radius 3 is 1.64 bits per heavy atom. The van der Waals surface area contributed by atoms with Crippen molar-refractivity contribution in [2.45, 2.75) is 6.92 Å². The molecule has 0 heterocycles. The molecule has 0 unspecified atom stereocenters. The van der Waals surface area contributed by atoms with Gasteiger partial charge in [0.05, 0.1) is 4.66 Å². The van der Waals surface area contributed by atoms with E-state index in [-0.39, 0.29) is 0 Å². The minimum Gasteiger partial charge on any atom is -0.373 e. The van der Waals surface area contributed by atoms with Crippen LogP contribution in [-0.2, 0) is 13.3 Å². The van der Waals surface area contributed by atoms with E-state index >= 15 is 0 Å². The third-order valence-corrected chi connectivity index (χ3v) is 4.75. The average Bonchev–Trinajstić information content (AvgIpc) is 2.08. The van der Waals surface area contributed by atoms with Crippen LogP contribution in [0, 0.1) is 0 Å². The molecule has 11 heavy (non-hydrogen) atoms. The van der Waals surface area contributed by atoms with Gasteiger partial charge in [-0.2, -0.15) is 0 Å². The Morgan fingerprint density at radius 1 is 1.18 bits per heavy atom. The van der Waals surface area contributed by atoms with Crippen molar-refractivity contribution < 1.29 is 13.3 Å². The first-order chi connectivity index (χ1) is 5.16. The zero-order valence-electron chi connectivity index (χ0n) is 7.18. The van der Waals surface area contributed by atoms with Gasteiger partial charge in [0.1, 0.15) is 0 Å². The summed E-state index contributed by atoms with van der Waals surface area (Å²) in [5, 5.41) is 0. The number of hydrogen-bond donors (Lipinski definition) is 0. The Hall–Kier alpha value is 0.127. The first-order valence-corrected chi connectivity index (χ1v) is 5.24. The second kappa shape index (κ2) is 4.90. The second-order valence-corrected chi connectivity index (χ2v) is 5.41.